The van der Waals surface area contributed by atoms with Crippen molar-refractivity contribution in [1.82, 2.24) is 14.9 Å². The van der Waals surface area contributed by atoms with Crippen LogP contribution in [-0.2, 0) is 6.54 Å². The number of aliphatic imine (C=N–C) groups is 1. The molecule has 0 radical (unpaired) electrons. The molecule has 0 amide bonds. The zero-order valence-electron chi connectivity index (χ0n) is 13.6. The van der Waals surface area contributed by atoms with Gasteiger partial charge in [0.15, 0.2) is 12.1 Å². The molecule has 4 rings (SSSR count). The summed E-state index contributed by atoms with van der Waals surface area (Å²) in [6.45, 7) is 2.30. The average molecular weight is 335 g/mol. The van der Waals surface area contributed by atoms with Gasteiger partial charge >= 0.3 is 0 Å². The predicted octanol–water partition coefficient (Wildman–Crippen LogP) is 2.26. The maximum atomic E-state index is 12.4. The van der Waals surface area contributed by atoms with E-state index < -0.39 is 6.17 Å². The van der Waals surface area contributed by atoms with E-state index in [-0.39, 0.29) is 5.56 Å². The first-order chi connectivity index (χ1) is 12.2. The van der Waals surface area contributed by atoms with Crippen LogP contribution in [0.15, 0.2) is 69.0 Å². The van der Waals surface area contributed by atoms with Gasteiger partial charge in [-0.2, -0.15) is 0 Å². The van der Waals surface area contributed by atoms with Crippen LogP contribution in [0.5, 0.6) is 0 Å². The molecule has 25 heavy (non-hydrogen) atoms. The van der Waals surface area contributed by atoms with E-state index in [1.165, 1.54) is 10.6 Å². The molecule has 0 saturated heterocycles. The predicted molar refractivity (Wildman–Crippen MR) is 94.4 cm³/mol. The third-order valence-corrected chi connectivity index (χ3v) is 3.92. The zero-order chi connectivity index (χ0) is 17.2. The molecule has 1 aliphatic heterocycles. The van der Waals surface area contributed by atoms with E-state index in [1.807, 2.05) is 36.4 Å². The molecule has 1 aromatic carbocycles. The van der Waals surface area contributed by atoms with Crippen molar-refractivity contribution in [3.63, 3.8) is 0 Å². The highest BCUT2D eigenvalue weighted by Gasteiger charge is 2.28. The number of guanidine groups is 1. The Hall–Kier alpha value is -3.35. The van der Waals surface area contributed by atoms with Gasteiger partial charge in [0.05, 0.1) is 12.8 Å². The van der Waals surface area contributed by atoms with Crippen LogP contribution in [0, 0.1) is 6.92 Å². The molecule has 2 aromatic heterocycles. The van der Waals surface area contributed by atoms with Crippen LogP contribution in [0.1, 0.15) is 23.2 Å². The summed E-state index contributed by atoms with van der Waals surface area (Å²) in [7, 11) is 0. The minimum Gasteiger partial charge on any atom is -0.465 e. The van der Waals surface area contributed by atoms with Crippen molar-refractivity contribution in [3.8, 4) is 0 Å². The van der Waals surface area contributed by atoms with Crippen LogP contribution in [0.4, 0.5) is 5.95 Å². The van der Waals surface area contributed by atoms with E-state index in [4.69, 9.17) is 4.42 Å². The van der Waals surface area contributed by atoms with Crippen molar-refractivity contribution in [2.75, 3.05) is 5.32 Å². The van der Waals surface area contributed by atoms with Crippen LogP contribution in [0.25, 0.3) is 0 Å². The zero-order valence-corrected chi connectivity index (χ0v) is 13.6. The minimum absolute atomic E-state index is 0.161. The molecule has 0 aliphatic carbocycles. The second-order valence-electron chi connectivity index (χ2n) is 5.77. The van der Waals surface area contributed by atoms with Gasteiger partial charge in [-0.05, 0) is 24.6 Å². The number of nitrogens with one attached hydrogen (secondary N) is 2. The highest BCUT2D eigenvalue weighted by atomic mass is 16.3. The first-order valence-electron chi connectivity index (χ1n) is 7.96. The summed E-state index contributed by atoms with van der Waals surface area (Å²) in [6, 6.07) is 15.0. The normalized spacial score (nSPS) is 17.6. The second-order valence-corrected chi connectivity index (χ2v) is 5.77. The highest BCUT2D eigenvalue weighted by molar-refractivity contribution is 5.93. The maximum absolute atomic E-state index is 12.4. The molecule has 0 bridgehead atoms. The lowest BCUT2D eigenvalue weighted by Gasteiger charge is -2.29. The van der Waals surface area contributed by atoms with Crippen LogP contribution in [0.3, 0.4) is 0 Å². The number of aromatic nitrogens is 2. The molecule has 2 N–H and O–H groups in total. The third kappa shape index (κ3) is 3.03. The molecule has 7 heteroatoms. The fraction of sp³-hybridized carbons (Fsp3) is 0.167. The van der Waals surface area contributed by atoms with Crippen molar-refractivity contribution in [2.24, 2.45) is 4.99 Å². The first-order valence-corrected chi connectivity index (χ1v) is 7.96. The maximum Gasteiger partial charge on any atom is 0.257 e. The molecule has 3 heterocycles. The molecule has 0 fully saturated rings. The summed E-state index contributed by atoms with van der Waals surface area (Å²) in [5.74, 6) is 1.60. The Bertz CT molecular complexity index is 961. The Morgan fingerprint density at radius 1 is 1.24 bits per heavy atom. The Morgan fingerprint density at radius 3 is 2.84 bits per heavy atom. The quantitative estimate of drug-likeness (QED) is 0.767. The van der Waals surface area contributed by atoms with Gasteiger partial charge in [0.1, 0.15) is 5.76 Å². The summed E-state index contributed by atoms with van der Waals surface area (Å²) in [5, 5.41) is 6.30. The highest BCUT2D eigenvalue weighted by Crippen LogP contribution is 2.21. The number of nitrogens with zero attached hydrogens (tertiary/aromatic N) is 3. The molecule has 126 valence electrons. The molecule has 7 nitrogen and oxygen atoms in total. The van der Waals surface area contributed by atoms with Crippen molar-refractivity contribution < 1.29 is 4.42 Å². The van der Waals surface area contributed by atoms with Crippen molar-refractivity contribution in [3.05, 3.63) is 82.2 Å². The Morgan fingerprint density at radius 2 is 2.08 bits per heavy atom. The topological polar surface area (TPSA) is 84.5 Å². The van der Waals surface area contributed by atoms with E-state index in [9.17, 15) is 4.79 Å². The number of fused-ring (bicyclic) bond motifs is 1. The number of hydrogen-bond acceptors (Lipinski definition) is 4. The van der Waals surface area contributed by atoms with Gasteiger partial charge in [-0.25, -0.2) is 14.5 Å². The van der Waals surface area contributed by atoms with Gasteiger partial charge in [0.25, 0.3) is 5.56 Å². The molecule has 3 aromatic rings. The third-order valence-electron chi connectivity index (χ3n) is 3.92. The average Bonchev–Trinajstić information content (AvgIpc) is 3.14. The van der Waals surface area contributed by atoms with Crippen molar-refractivity contribution in [1.29, 1.82) is 0 Å². The van der Waals surface area contributed by atoms with Crippen LogP contribution >= 0.6 is 0 Å². The standard InChI is InChI=1S/C18H17N5O2/c1-12-10-15(24)23-16(14-8-5-9-25-14)21-17(22-18(23)20-12)19-11-13-6-3-2-4-7-13/h2-10,16H,11H2,1H3,(H2,19,20,21,22)/t16-/m1/s1. The van der Waals surface area contributed by atoms with E-state index in [0.29, 0.717) is 29.9 Å². The Labute approximate surface area is 144 Å². The van der Waals surface area contributed by atoms with E-state index >= 15 is 0 Å². The molecular weight excluding hydrogens is 318 g/mol. The fourth-order valence-corrected chi connectivity index (χ4v) is 2.76. The molecule has 0 unspecified atom stereocenters. The summed E-state index contributed by atoms with van der Waals surface area (Å²) < 4.78 is 7.01. The van der Waals surface area contributed by atoms with Gasteiger partial charge in [0, 0.05) is 11.8 Å². The largest absolute Gasteiger partial charge is 0.465 e. The lowest BCUT2D eigenvalue weighted by Crippen LogP contribution is -2.48. The number of furan rings is 1. The van der Waals surface area contributed by atoms with Gasteiger partial charge in [0.2, 0.25) is 5.95 Å². The van der Waals surface area contributed by atoms with E-state index in [1.54, 1.807) is 19.3 Å². The lowest BCUT2D eigenvalue weighted by atomic mass is 10.2. The summed E-state index contributed by atoms with van der Waals surface area (Å²) in [4.78, 5) is 21.4. The van der Waals surface area contributed by atoms with Crippen molar-refractivity contribution >= 4 is 11.9 Å². The molecule has 1 aliphatic rings. The molecular formula is C18H17N5O2. The smallest absolute Gasteiger partial charge is 0.257 e. The molecule has 0 spiro atoms. The summed E-state index contributed by atoms with van der Waals surface area (Å²) in [6.07, 6.45) is 1.08. The molecule has 1 atom stereocenters. The van der Waals surface area contributed by atoms with Crippen LogP contribution < -0.4 is 16.2 Å². The Kier molecular flexibility index (Phi) is 3.81. The van der Waals surface area contributed by atoms with Gasteiger partial charge < -0.3 is 9.73 Å². The van der Waals surface area contributed by atoms with Crippen LogP contribution in [0.2, 0.25) is 0 Å². The van der Waals surface area contributed by atoms with Gasteiger partial charge in [-0.3, -0.25) is 10.1 Å². The van der Waals surface area contributed by atoms with Gasteiger partial charge in [-0.15, -0.1) is 0 Å². The molecule has 0 saturated carbocycles. The lowest BCUT2D eigenvalue weighted by molar-refractivity contribution is 0.398. The van der Waals surface area contributed by atoms with E-state index in [0.717, 1.165) is 5.56 Å². The summed E-state index contributed by atoms with van der Waals surface area (Å²) >= 11 is 0. The number of aryl methyl sites for hydroxylation is 1. The number of hydrogen-bond donors (Lipinski definition) is 2. The van der Waals surface area contributed by atoms with Crippen LogP contribution in [-0.4, -0.2) is 15.5 Å². The number of anilines is 1. The number of rotatable bonds is 3. The minimum atomic E-state index is -0.499. The van der Waals surface area contributed by atoms with E-state index in [2.05, 4.69) is 20.6 Å². The fourth-order valence-electron chi connectivity index (χ4n) is 2.76. The van der Waals surface area contributed by atoms with Crippen molar-refractivity contribution in [2.45, 2.75) is 19.6 Å². The Balaban J connectivity index is 1.72. The first kappa shape index (κ1) is 15.2. The summed E-state index contributed by atoms with van der Waals surface area (Å²) in [5.41, 5.74) is 1.57. The number of benzene rings is 1. The monoisotopic (exact) mass is 335 g/mol. The van der Waals surface area contributed by atoms with Gasteiger partial charge in [-0.1, -0.05) is 30.3 Å². The second kappa shape index (κ2) is 6.27. The SMILES string of the molecule is Cc1cc(=O)n2c(n1)NC(=NCc1ccccc1)N[C@H]2c1ccco1.